The molecule has 5 heteroatoms. The summed E-state index contributed by atoms with van der Waals surface area (Å²) in [5, 5.41) is 2.68. The lowest BCUT2D eigenvalue weighted by atomic mass is 10.1. The van der Waals surface area contributed by atoms with Gasteiger partial charge in [-0.2, -0.15) is 0 Å². The first-order valence-corrected chi connectivity index (χ1v) is 7.83. The van der Waals surface area contributed by atoms with E-state index in [-0.39, 0.29) is 12.5 Å². The van der Waals surface area contributed by atoms with Crippen molar-refractivity contribution in [2.75, 3.05) is 11.9 Å². The van der Waals surface area contributed by atoms with Crippen molar-refractivity contribution >= 4 is 40.2 Å². The van der Waals surface area contributed by atoms with Crippen molar-refractivity contribution in [3.63, 3.8) is 0 Å². The highest BCUT2D eigenvalue weighted by atomic mass is 127. The van der Waals surface area contributed by atoms with Crippen LogP contribution in [-0.4, -0.2) is 18.5 Å². The monoisotopic (exact) mass is 409 g/mol. The minimum atomic E-state index is -0.490. The molecule has 22 heavy (non-hydrogen) atoms. The van der Waals surface area contributed by atoms with Crippen molar-refractivity contribution in [2.24, 2.45) is 0 Å². The Balaban J connectivity index is 1.90. The molecule has 0 fully saturated rings. The lowest BCUT2D eigenvalue weighted by Gasteiger charge is -2.08. The van der Waals surface area contributed by atoms with Crippen LogP contribution in [0.1, 0.15) is 21.5 Å². The van der Waals surface area contributed by atoms with Crippen molar-refractivity contribution in [3.05, 3.63) is 62.7 Å². The maximum Gasteiger partial charge on any atom is 0.338 e. The van der Waals surface area contributed by atoms with Crippen molar-refractivity contribution in [3.8, 4) is 0 Å². The summed E-state index contributed by atoms with van der Waals surface area (Å²) in [6.45, 7) is 3.49. The number of amides is 1. The predicted octanol–water partition coefficient (Wildman–Crippen LogP) is 3.70. The Hall–Kier alpha value is -1.89. The van der Waals surface area contributed by atoms with E-state index in [1.807, 2.05) is 38.1 Å². The smallest absolute Gasteiger partial charge is 0.338 e. The summed E-state index contributed by atoms with van der Waals surface area (Å²) in [5.74, 6) is -0.852. The maximum atomic E-state index is 12.0. The van der Waals surface area contributed by atoms with Crippen molar-refractivity contribution in [2.45, 2.75) is 13.8 Å². The van der Waals surface area contributed by atoms with Gasteiger partial charge in [0.15, 0.2) is 6.61 Å². The highest BCUT2D eigenvalue weighted by molar-refractivity contribution is 14.1. The Morgan fingerprint density at radius 2 is 1.77 bits per heavy atom. The lowest BCUT2D eigenvalue weighted by Crippen LogP contribution is -2.21. The number of halogens is 1. The molecular formula is C17H16INO3. The first-order chi connectivity index (χ1) is 10.5. The van der Waals surface area contributed by atoms with Crippen LogP contribution < -0.4 is 5.32 Å². The third kappa shape index (κ3) is 4.56. The largest absolute Gasteiger partial charge is 0.452 e. The molecule has 114 valence electrons. The van der Waals surface area contributed by atoms with Gasteiger partial charge in [-0.3, -0.25) is 4.79 Å². The van der Waals surface area contributed by atoms with Crippen LogP contribution in [0.3, 0.4) is 0 Å². The van der Waals surface area contributed by atoms with Gasteiger partial charge in [-0.1, -0.05) is 17.7 Å². The molecule has 0 aromatic heterocycles. The van der Waals surface area contributed by atoms with Gasteiger partial charge in [0.25, 0.3) is 5.91 Å². The Labute approximate surface area is 143 Å². The quantitative estimate of drug-likeness (QED) is 0.619. The topological polar surface area (TPSA) is 55.4 Å². The molecule has 0 saturated carbocycles. The number of carbonyl (C=O) groups is 2. The van der Waals surface area contributed by atoms with E-state index in [0.717, 1.165) is 14.7 Å². The fourth-order valence-electron chi connectivity index (χ4n) is 1.98. The summed E-state index contributed by atoms with van der Waals surface area (Å²) in [5.41, 5.74) is 3.06. The standard InChI is InChI=1S/C17H16INO3/c1-11-3-8-15(12(2)9-11)17(21)22-10-16(20)19-14-6-4-13(18)5-7-14/h3-9H,10H2,1-2H3,(H,19,20). The number of carbonyl (C=O) groups excluding carboxylic acids is 2. The van der Waals surface area contributed by atoms with Gasteiger partial charge < -0.3 is 10.1 Å². The second kappa shape index (κ2) is 7.40. The summed E-state index contributed by atoms with van der Waals surface area (Å²) in [4.78, 5) is 23.8. The first-order valence-electron chi connectivity index (χ1n) is 6.75. The van der Waals surface area contributed by atoms with Crippen LogP contribution in [0.2, 0.25) is 0 Å². The SMILES string of the molecule is Cc1ccc(C(=O)OCC(=O)Nc2ccc(I)cc2)c(C)c1. The number of hydrogen-bond donors (Lipinski definition) is 1. The summed E-state index contributed by atoms with van der Waals surface area (Å²) in [7, 11) is 0. The molecule has 2 rings (SSSR count). The lowest BCUT2D eigenvalue weighted by molar-refractivity contribution is -0.119. The van der Waals surface area contributed by atoms with Crippen LogP contribution >= 0.6 is 22.6 Å². The van der Waals surface area contributed by atoms with E-state index in [9.17, 15) is 9.59 Å². The highest BCUT2D eigenvalue weighted by Crippen LogP contribution is 2.13. The van der Waals surface area contributed by atoms with Crippen LogP contribution in [-0.2, 0) is 9.53 Å². The maximum absolute atomic E-state index is 12.0. The molecule has 0 aliphatic heterocycles. The minimum Gasteiger partial charge on any atom is -0.452 e. The molecule has 4 nitrogen and oxygen atoms in total. The third-order valence-corrected chi connectivity index (χ3v) is 3.78. The van der Waals surface area contributed by atoms with Gasteiger partial charge in [-0.05, 0) is 72.3 Å². The zero-order valence-corrected chi connectivity index (χ0v) is 14.5. The average molecular weight is 409 g/mol. The van der Waals surface area contributed by atoms with Crippen LogP contribution in [0.15, 0.2) is 42.5 Å². The van der Waals surface area contributed by atoms with E-state index in [1.54, 1.807) is 18.2 Å². The molecule has 0 unspecified atom stereocenters. The Morgan fingerprint density at radius 1 is 1.09 bits per heavy atom. The van der Waals surface area contributed by atoms with Crippen LogP contribution in [0, 0.1) is 17.4 Å². The number of hydrogen-bond acceptors (Lipinski definition) is 3. The summed E-state index contributed by atoms with van der Waals surface area (Å²) >= 11 is 2.19. The molecule has 1 N–H and O–H groups in total. The second-order valence-corrected chi connectivity index (χ2v) is 6.20. The zero-order valence-electron chi connectivity index (χ0n) is 12.4. The van der Waals surface area contributed by atoms with Gasteiger partial charge in [0.2, 0.25) is 0 Å². The summed E-state index contributed by atoms with van der Waals surface area (Å²) in [6.07, 6.45) is 0. The molecule has 1 amide bonds. The molecule has 2 aromatic rings. The van der Waals surface area contributed by atoms with E-state index in [0.29, 0.717) is 11.3 Å². The van der Waals surface area contributed by atoms with Gasteiger partial charge >= 0.3 is 5.97 Å². The number of ether oxygens (including phenoxy) is 1. The van der Waals surface area contributed by atoms with E-state index in [4.69, 9.17) is 4.74 Å². The van der Waals surface area contributed by atoms with Crippen LogP contribution in [0.4, 0.5) is 5.69 Å². The number of anilines is 1. The van der Waals surface area contributed by atoms with Crippen LogP contribution in [0.25, 0.3) is 0 Å². The van der Waals surface area contributed by atoms with E-state index in [1.165, 1.54) is 0 Å². The average Bonchev–Trinajstić information content (AvgIpc) is 2.47. The second-order valence-electron chi connectivity index (χ2n) is 4.95. The molecule has 0 aliphatic carbocycles. The fourth-order valence-corrected chi connectivity index (χ4v) is 2.34. The fraction of sp³-hybridized carbons (Fsp3) is 0.176. The normalized spacial score (nSPS) is 10.1. The highest BCUT2D eigenvalue weighted by Gasteiger charge is 2.12. The van der Waals surface area contributed by atoms with Crippen LogP contribution in [0.5, 0.6) is 0 Å². The number of aryl methyl sites for hydroxylation is 2. The van der Waals surface area contributed by atoms with Gasteiger partial charge in [0.1, 0.15) is 0 Å². The third-order valence-electron chi connectivity index (χ3n) is 3.06. The minimum absolute atomic E-state index is 0.307. The van der Waals surface area contributed by atoms with Gasteiger partial charge in [-0.15, -0.1) is 0 Å². The summed E-state index contributed by atoms with van der Waals surface area (Å²) in [6, 6.07) is 12.8. The Bertz CT molecular complexity index is 696. The van der Waals surface area contributed by atoms with Crippen molar-refractivity contribution < 1.29 is 14.3 Å². The predicted molar refractivity (Wildman–Crippen MR) is 94.0 cm³/mol. The molecule has 0 spiro atoms. The van der Waals surface area contributed by atoms with Crippen molar-refractivity contribution in [1.29, 1.82) is 0 Å². The van der Waals surface area contributed by atoms with Crippen molar-refractivity contribution in [1.82, 2.24) is 0 Å². The molecule has 0 radical (unpaired) electrons. The van der Waals surface area contributed by atoms with E-state index in [2.05, 4.69) is 27.9 Å². The van der Waals surface area contributed by atoms with E-state index < -0.39 is 5.97 Å². The molecule has 0 bridgehead atoms. The zero-order chi connectivity index (χ0) is 16.1. The molecule has 2 aromatic carbocycles. The first kappa shape index (κ1) is 16.5. The van der Waals surface area contributed by atoms with Gasteiger partial charge in [-0.25, -0.2) is 4.79 Å². The van der Waals surface area contributed by atoms with Gasteiger partial charge in [0, 0.05) is 9.26 Å². The summed E-state index contributed by atoms with van der Waals surface area (Å²) < 4.78 is 6.13. The molecule has 0 saturated heterocycles. The Morgan fingerprint density at radius 3 is 2.41 bits per heavy atom. The molecular weight excluding hydrogens is 393 g/mol. The molecule has 0 aliphatic rings. The number of rotatable bonds is 4. The van der Waals surface area contributed by atoms with E-state index >= 15 is 0 Å². The molecule has 0 atom stereocenters. The molecule has 0 heterocycles. The number of nitrogens with one attached hydrogen (secondary N) is 1. The van der Waals surface area contributed by atoms with Gasteiger partial charge in [0.05, 0.1) is 5.56 Å². The Kier molecular flexibility index (Phi) is 5.54. The number of benzene rings is 2. The number of esters is 1.